The van der Waals surface area contributed by atoms with E-state index in [1.165, 1.54) is 30.3 Å². The second-order valence-corrected chi connectivity index (χ2v) is 4.65. The largest absolute Gasteiger partial charge is 0.477 e. The molecule has 0 spiro atoms. The Bertz CT molecular complexity index is 724. The minimum absolute atomic E-state index is 0.0798. The molecule has 114 valence electrons. The summed E-state index contributed by atoms with van der Waals surface area (Å²) in [6, 6.07) is 9.17. The van der Waals surface area contributed by atoms with E-state index in [0.717, 1.165) is 12.1 Å². The van der Waals surface area contributed by atoms with Gasteiger partial charge in [0.1, 0.15) is 5.82 Å². The molecule has 1 N–H and O–H groups in total. The lowest BCUT2D eigenvalue weighted by atomic mass is 10.3. The van der Waals surface area contributed by atoms with Crippen molar-refractivity contribution in [1.29, 1.82) is 0 Å². The van der Waals surface area contributed by atoms with Crippen LogP contribution in [0.3, 0.4) is 0 Å². The zero-order valence-corrected chi connectivity index (χ0v) is 11.8. The maximum atomic E-state index is 13.0. The van der Waals surface area contributed by atoms with Gasteiger partial charge in [0.15, 0.2) is 12.4 Å². The average Bonchev–Trinajstić information content (AvgIpc) is 2.45. The van der Waals surface area contributed by atoms with Gasteiger partial charge in [0, 0.05) is 16.8 Å². The summed E-state index contributed by atoms with van der Waals surface area (Å²) in [5.74, 6) is -1.15. The van der Waals surface area contributed by atoms with Crippen LogP contribution in [-0.2, 0) is 4.79 Å². The predicted molar refractivity (Wildman–Crippen MR) is 78.6 cm³/mol. The average molecular weight is 325 g/mol. The Balaban J connectivity index is 2.01. The molecule has 1 amide bonds. The summed E-state index contributed by atoms with van der Waals surface area (Å²) in [7, 11) is 0. The number of halogens is 2. The highest BCUT2D eigenvalue weighted by Gasteiger charge is 2.16. The minimum Gasteiger partial charge on any atom is -0.477 e. The van der Waals surface area contributed by atoms with Crippen molar-refractivity contribution in [1.82, 2.24) is 0 Å². The van der Waals surface area contributed by atoms with Gasteiger partial charge in [0.05, 0.1) is 4.92 Å². The Kier molecular flexibility index (Phi) is 4.90. The number of nitrogens with zero attached hydrogens (tertiary/aromatic N) is 1. The third kappa shape index (κ3) is 4.16. The van der Waals surface area contributed by atoms with Crippen molar-refractivity contribution < 1.29 is 18.8 Å². The van der Waals surface area contributed by atoms with Gasteiger partial charge < -0.3 is 10.1 Å². The number of amides is 1. The van der Waals surface area contributed by atoms with Gasteiger partial charge >= 0.3 is 5.69 Å². The first-order valence-electron chi connectivity index (χ1n) is 6.08. The maximum Gasteiger partial charge on any atom is 0.312 e. The van der Waals surface area contributed by atoms with Gasteiger partial charge in [-0.2, -0.15) is 0 Å². The normalized spacial score (nSPS) is 10.1. The lowest BCUT2D eigenvalue weighted by Crippen LogP contribution is -2.20. The van der Waals surface area contributed by atoms with E-state index < -0.39 is 23.3 Å². The van der Waals surface area contributed by atoms with Crippen molar-refractivity contribution >= 4 is 28.9 Å². The fraction of sp³-hybridized carbons (Fsp3) is 0.0714. The van der Waals surface area contributed by atoms with E-state index in [1.54, 1.807) is 0 Å². The molecular formula is C14H10ClFN2O4. The van der Waals surface area contributed by atoms with Crippen molar-refractivity contribution in [2.75, 3.05) is 11.9 Å². The molecule has 0 fully saturated rings. The monoisotopic (exact) mass is 324 g/mol. The van der Waals surface area contributed by atoms with Crippen LogP contribution in [0, 0.1) is 15.9 Å². The molecule has 2 aromatic rings. The number of carbonyl (C=O) groups is 1. The molecule has 2 rings (SSSR count). The Morgan fingerprint density at radius 1 is 1.32 bits per heavy atom. The molecule has 8 heteroatoms. The van der Waals surface area contributed by atoms with Crippen molar-refractivity contribution in [2.24, 2.45) is 0 Å². The summed E-state index contributed by atoms with van der Waals surface area (Å²) in [4.78, 5) is 21.9. The Morgan fingerprint density at radius 3 is 2.77 bits per heavy atom. The molecule has 0 bridgehead atoms. The summed E-state index contributed by atoms with van der Waals surface area (Å²) < 4.78 is 18.1. The van der Waals surface area contributed by atoms with E-state index >= 15 is 0 Å². The molecule has 0 aromatic heterocycles. The molecular weight excluding hydrogens is 315 g/mol. The Hall–Kier alpha value is -2.67. The second-order valence-electron chi connectivity index (χ2n) is 4.22. The van der Waals surface area contributed by atoms with Crippen molar-refractivity contribution in [3.8, 4) is 5.75 Å². The van der Waals surface area contributed by atoms with Crippen LogP contribution in [0.4, 0.5) is 15.8 Å². The van der Waals surface area contributed by atoms with E-state index in [2.05, 4.69) is 5.32 Å². The number of nitro groups is 1. The highest BCUT2D eigenvalue weighted by molar-refractivity contribution is 6.30. The van der Waals surface area contributed by atoms with E-state index in [0.29, 0.717) is 0 Å². The third-order valence-electron chi connectivity index (χ3n) is 2.58. The molecule has 0 saturated carbocycles. The van der Waals surface area contributed by atoms with Crippen LogP contribution < -0.4 is 10.1 Å². The number of hydrogen-bond donors (Lipinski definition) is 1. The van der Waals surface area contributed by atoms with Crippen LogP contribution in [0.15, 0.2) is 42.5 Å². The number of anilines is 1. The van der Waals surface area contributed by atoms with Gasteiger partial charge in [0.2, 0.25) is 0 Å². The molecule has 6 nitrogen and oxygen atoms in total. The molecule has 0 atom stereocenters. The van der Waals surface area contributed by atoms with Gasteiger partial charge in [-0.25, -0.2) is 4.39 Å². The highest BCUT2D eigenvalue weighted by Crippen LogP contribution is 2.29. The lowest BCUT2D eigenvalue weighted by Gasteiger charge is -2.08. The van der Waals surface area contributed by atoms with Crippen LogP contribution in [0.1, 0.15) is 0 Å². The number of rotatable bonds is 5. The summed E-state index contributed by atoms with van der Waals surface area (Å²) in [6.45, 7) is -0.459. The SMILES string of the molecule is O=C(COc1ccc(Cl)cc1[N+](=O)[O-])Nc1cccc(F)c1. The zero-order chi connectivity index (χ0) is 16.1. The quantitative estimate of drug-likeness (QED) is 0.675. The van der Waals surface area contributed by atoms with Crippen LogP contribution >= 0.6 is 11.6 Å². The van der Waals surface area contributed by atoms with Crippen LogP contribution in [0.2, 0.25) is 5.02 Å². The van der Waals surface area contributed by atoms with E-state index in [9.17, 15) is 19.3 Å². The summed E-state index contributed by atoms with van der Waals surface area (Å²) >= 11 is 5.67. The smallest absolute Gasteiger partial charge is 0.312 e. The number of nitrogens with one attached hydrogen (secondary N) is 1. The number of ether oxygens (including phenoxy) is 1. The zero-order valence-electron chi connectivity index (χ0n) is 11.1. The van der Waals surface area contributed by atoms with Crippen molar-refractivity contribution in [2.45, 2.75) is 0 Å². The van der Waals surface area contributed by atoms with Gasteiger partial charge in [-0.3, -0.25) is 14.9 Å². The van der Waals surface area contributed by atoms with Crippen molar-refractivity contribution in [3.05, 3.63) is 63.4 Å². The molecule has 0 aliphatic rings. The van der Waals surface area contributed by atoms with Gasteiger partial charge in [0.25, 0.3) is 5.91 Å². The van der Waals surface area contributed by atoms with Crippen LogP contribution in [-0.4, -0.2) is 17.4 Å². The van der Waals surface area contributed by atoms with Gasteiger partial charge in [-0.15, -0.1) is 0 Å². The molecule has 0 aliphatic carbocycles. The number of carbonyl (C=O) groups excluding carboxylic acids is 1. The standard InChI is InChI=1S/C14H10ClFN2O4/c15-9-4-5-13(12(6-9)18(20)21)22-8-14(19)17-11-3-1-2-10(16)7-11/h1-7H,8H2,(H,17,19). The maximum absolute atomic E-state index is 13.0. The third-order valence-corrected chi connectivity index (χ3v) is 2.82. The summed E-state index contributed by atoms with van der Waals surface area (Å²) in [5.41, 5.74) is -0.0785. The first kappa shape index (κ1) is 15.7. The number of nitro benzene ring substituents is 1. The first-order valence-corrected chi connectivity index (χ1v) is 6.45. The molecule has 2 aromatic carbocycles. The van der Waals surface area contributed by atoms with Crippen LogP contribution in [0.25, 0.3) is 0 Å². The molecule has 22 heavy (non-hydrogen) atoms. The number of benzene rings is 2. The van der Waals surface area contributed by atoms with E-state index in [-0.39, 0.29) is 22.1 Å². The minimum atomic E-state index is -0.661. The van der Waals surface area contributed by atoms with E-state index in [4.69, 9.17) is 16.3 Å². The molecule has 0 unspecified atom stereocenters. The number of hydrogen-bond acceptors (Lipinski definition) is 4. The first-order chi connectivity index (χ1) is 10.5. The van der Waals surface area contributed by atoms with Gasteiger partial charge in [-0.05, 0) is 30.3 Å². The predicted octanol–water partition coefficient (Wildman–Crippen LogP) is 3.40. The lowest BCUT2D eigenvalue weighted by molar-refractivity contribution is -0.385. The summed E-state index contributed by atoms with van der Waals surface area (Å²) in [5, 5.41) is 13.5. The Morgan fingerprint density at radius 2 is 2.09 bits per heavy atom. The molecule has 0 saturated heterocycles. The fourth-order valence-corrected chi connectivity index (χ4v) is 1.83. The molecule has 0 heterocycles. The second kappa shape index (κ2) is 6.86. The van der Waals surface area contributed by atoms with E-state index in [1.807, 2.05) is 0 Å². The van der Waals surface area contributed by atoms with Gasteiger partial charge in [-0.1, -0.05) is 17.7 Å². The highest BCUT2D eigenvalue weighted by atomic mass is 35.5. The molecule has 0 radical (unpaired) electrons. The fourth-order valence-electron chi connectivity index (χ4n) is 1.66. The van der Waals surface area contributed by atoms with Crippen molar-refractivity contribution in [3.63, 3.8) is 0 Å². The summed E-state index contributed by atoms with van der Waals surface area (Å²) in [6.07, 6.45) is 0. The molecule has 0 aliphatic heterocycles. The van der Waals surface area contributed by atoms with Crippen LogP contribution in [0.5, 0.6) is 5.75 Å². The topological polar surface area (TPSA) is 81.5 Å². The Labute approximate surface area is 129 Å².